The highest BCUT2D eigenvalue weighted by molar-refractivity contribution is 5.62. The van der Waals surface area contributed by atoms with Crippen LogP contribution in [0.3, 0.4) is 0 Å². The Morgan fingerprint density at radius 1 is 1.18 bits per heavy atom. The lowest BCUT2D eigenvalue weighted by Gasteiger charge is -2.12. The highest BCUT2D eigenvalue weighted by Crippen LogP contribution is 2.21. The minimum atomic E-state index is 0.0410. The Labute approximate surface area is 101 Å². The summed E-state index contributed by atoms with van der Waals surface area (Å²) in [5.41, 5.74) is 7.74. The van der Waals surface area contributed by atoms with Crippen molar-refractivity contribution in [2.45, 2.75) is 13.0 Å². The van der Waals surface area contributed by atoms with Crippen molar-refractivity contribution in [3.63, 3.8) is 0 Å². The van der Waals surface area contributed by atoms with Gasteiger partial charge in [0.2, 0.25) is 0 Å². The third kappa shape index (κ3) is 3.04. The fourth-order valence-corrected chi connectivity index (χ4v) is 1.54. The third-order valence-electron chi connectivity index (χ3n) is 2.52. The zero-order chi connectivity index (χ0) is 12.1. The van der Waals surface area contributed by atoms with Crippen molar-refractivity contribution < 1.29 is 4.74 Å². The van der Waals surface area contributed by atoms with Crippen LogP contribution in [0.4, 0.5) is 0 Å². The first-order chi connectivity index (χ1) is 8.29. The summed E-state index contributed by atoms with van der Waals surface area (Å²) in [6.07, 6.45) is 3.65. The van der Waals surface area contributed by atoms with E-state index in [4.69, 9.17) is 10.5 Å². The molecule has 0 aliphatic rings. The van der Waals surface area contributed by atoms with Gasteiger partial charge in [0.25, 0.3) is 0 Å². The predicted molar refractivity (Wildman–Crippen MR) is 68.8 cm³/mol. The van der Waals surface area contributed by atoms with E-state index in [-0.39, 0.29) is 6.10 Å². The molecule has 1 heterocycles. The molecule has 88 valence electrons. The molecular weight excluding hydrogens is 212 g/mol. The summed E-state index contributed by atoms with van der Waals surface area (Å²) in [6, 6.07) is 11.9. The number of hydrogen-bond acceptors (Lipinski definition) is 3. The van der Waals surface area contributed by atoms with Crippen LogP contribution < -0.4 is 10.5 Å². The smallest absolute Gasteiger partial charge is 0.119 e. The van der Waals surface area contributed by atoms with Crippen LogP contribution in [0.2, 0.25) is 0 Å². The number of nitrogens with zero attached hydrogens (tertiary/aromatic N) is 1. The van der Waals surface area contributed by atoms with E-state index in [2.05, 4.69) is 4.98 Å². The Morgan fingerprint density at radius 3 is 2.53 bits per heavy atom. The van der Waals surface area contributed by atoms with Crippen molar-refractivity contribution in [1.29, 1.82) is 0 Å². The molecule has 0 spiro atoms. The molecule has 0 saturated heterocycles. The second-order valence-electron chi connectivity index (χ2n) is 3.93. The number of nitrogens with two attached hydrogens (primary N) is 1. The van der Waals surface area contributed by atoms with Gasteiger partial charge in [0, 0.05) is 18.9 Å². The number of ether oxygens (including phenoxy) is 1. The van der Waals surface area contributed by atoms with Crippen LogP contribution in [0.1, 0.15) is 6.92 Å². The van der Waals surface area contributed by atoms with E-state index < -0.39 is 0 Å². The fraction of sp³-hybridized carbons (Fsp3) is 0.214. The van der Waals surface area contributed by atoms with E-state index in [1.54, 1.807) is 6.20 Å². The average Bonchev–Trinajstić information content (AvgIpc) is 2.40. The standard InChI is InChI=1S/C14H16N2O/c1-11(9-15)17-14-6-4-12(5-7-14)13-3-2-8-16-10-13/h2-8,10-11H,9,15H2,1H3. The molecule has 1 unspecified atom stereocenters. The minimum Gasteiger partial charge on any atom is -0.489 e. The first-order valence-electron chi connectivity index (χ1n) is 5.67. The summed E-state index contributed by atoms with van der Waals surface area (Å²) in [7, 11) is 0. The van der Waals surface area contributed by atoms with Gasteiger partial charge in [-0.2, -0.15) is 0 Å². The molecule has 2 aromatic rings. The number of pyridine rings is 1. The van der Waals surface area contributed by atoms with Gasteiger partial charge >= 0.3 is 0 Å². The Balaban J connectivity index is 2.13. The highest BCUT2D eigenvalue weighted by Gasteiger charge is 2.02. The van der Waals surface area contributed by atoms with Crippen molar-refractivity contribution in [3.05, 3.63) is 48.8 Å². The second-order valence-corrected chi connectivity index (χ2v) is 3.93. The SMILES string of the molecule is CC(CN)Oc1ccc(-c2cccnc2)cc1. The maximum absolute atomic E-state index is 5.61. The number of benzene rings is 1. The minimum absolute atomic E-state index is 0.0410. The Kier molecular flexibility index (Phi) is 3.73. The second kappa shape index (κ2) is 5.46. The van der Waals surface area contributed by atoms with Crippen LogP contribution in [0.25, 0.3) is 11.1 Å². The van der Waals surface area contributed by atoms with E-state index in [1.165, 1.54) is 0 Å². The van der Waals surface area contributed by atoms with E-state index in [1.807, 2.05) is 49.5 Å². The topological polar surface area (TPSA) is 48.1 Å². The normalized spacial score (nSPS) is 12.1. The van der Waals surface area contributed by atoms with E-state index in [9.17, 15) is 0 Å². The monoisotopic (exact) mass is 228 g/mol. The van der Waals surface area contributed by atoms with Gasteiger partial charge < -0.3 is 10.5 Å². The summed E-state index contributed by atoms with van der Waals surface area (Å²) in [5, 5.41) is 0. The molecule has 0 fully saturated rings. The summed E-state index contributed by atoms with van der Waals surface area (Å²) in [5.74, 6) is 0.843. The summed E-state index contributed by atoms with van der Waals surface area (Å²) < 4.78 is 5.61. The van der Waals surface area contributed by atoms with Crippen LogP contribution in [-0.2, 0) is 0 Å². The zero-order valence-electron chi connectivity index (χ0n) is 9.84. The molecule has 3 heteroatoms. The molecule has 2 N–H and O–H groups in total. The summed E-state index contributed by atoms with van der Waals surface area (Å²) >= 11 is 0. The average molecular weight is 228 g/mol. The van der Waals surface area contributed by atoms with Gasteiger partial charge in [-0.25, -0.2) is 0 Å². The molecule has 3 nitrogen and oxygen atoms in total. The molecule has 0 amide bonds. The van der Waals surface area contributed by atoms with Gasteiger partial charge in [-0.15, -0.1) is 0 Å². The Bertz CT molecular complexity index is 453. The summed E-state index contributed by atoms with van der Waals surface area (Å²) in [6.45, 7) is 2.47. The molecule has 0 saturated carbocycles. The van der Waals surface area contributed by atoms with Crippen LogP contribution in [0.15, 0.2) is 48.8 Å². The lowest BCUT2D eigenvalue weighted by molar-refractivity contribution is 0.230. The van der Waals surface area contributed by atoms with Gasteiger partial charge in [-0.1, -0.05) is 18.2 Å². The van der Waals surface area contributed by atoms with E-state index >= 15 is 0 Å². The van der Waals surface area contributed by atoms with Gasteiger partial charge in [0.1, 0.15) is 11.9 Å². The van der Waals surface area contributed by atoms with Gasteiger partial charge in [0.15, 0.2) is 0 Å². The predicted octanol–water partition coefficient (Wildman–Crippen LogP) is 2.47. The molecular formula is C14H16N2O. The molecule has 0 aliphatic heterocycles. The maximum Gasteiger partial charge on any atom is 0.119 e. The van der Waals surface area contributed by atoms with Crippen molar-refractivity contribution in [2.24, 2.45) is 5.73 Å². The third-order valence-corrected chi connectivity index (χ3v) is 2.52. The Morgan fingerprint density at radius 2 is 1.94 bits per heavy atom. The zero-order valence-corrected chi connectivity index (χ0v) is 9.84. The van der Waals surface area contributed by atoms with E-state index in [0.717, 1.165) is 16.9 Å². The van der Waals surface area contributed by atoms with Gasteiger partial charge in [-0.05, 0) is 36.2 Å². The molecule has 1 atom stereocenters. The molecule has 1 aromatic heterocycles. The molecule has 0 aliphatic carbocycles. The van der Waals surface area contributed by atoms with Gasteiger partial charge in [0.05, 0.1) is 0 Å². The molecule has 2 rings (SSSR count). The van der Waals surface area contributed by atoms with Crippen LogP contribution in [-0.4, -0.2) is 17.6 Å². The maximum atomic E-state index is 5.61. The molecule has 0 bridgehead atoms. The largest absolute Gasteiger partial charge is 0.489 e. The van der Waals surface area contributed by atoms with Crippen molar-refractivity contribution in [2.75, 3.05) is 6.54 Å². The number of aromatic nitrogens is 1. The lowest BCUT2D eigenvalue weighted by atomic mass is 10.1. The highest BCUT2D eigenvalue weighted by atomic mass is 16.5. The van der Waals surface area contributed by atoms with Crippen molar-refractivity contribution in [3.8, 4) is 16.9 Å². The van der Waals surface area contributed by atoms with Crippen molar-refractivity contribution in [1.82, 2.24) is 4.98 Å². The summed E-state index contributed by atoms with van der Waals surface area (Å²) in [4.78, 5) is 4.10. The van der Waals surface area contributed by atoms with Crippen LogP contribution >= 0.6 is 0 Å². The van der Waals surface area contributed by atoms with Crippen LogP contribution in [0, 0.1) is 0 Å². The van der Waals surface area contributed by atoms with E-state index in [0.29, 0.717) is 6.54 Å². The lowest BCUT2D eigenvalue weighted by Crippen LogP contribution is -2.22. The molecule has 0 radical (unpaired) electrons. The molecule has 17 heavy (non-hydrogen) atoms. The first-order valence-corrected chi connectivity index (χ1v) is 5.67. The Hall–Kier alpha value is -1.87. The quantitative estimate of drug-likeness (QED) is 0.874. The van der Waals surface area contributed by atoms with Crippen molar-refractivity contribution >= 4 is 0 Å². The van der Waals surface area contributed by atoms with Gasteiger partial charge in [-0.3, -0.25) is 4.98 Å². The first kappa shape index (κ1) is 11.6. The molecule has 1 aromatic carbocycles. The number of hydrogen-bond donors (Lipinski definition) is 1. The fourth-order valence-electron chi connectivity index (χ4n) is 1.54. The van der Waals surface area contributed by atoms with Crippen LogP contribution in [0.5, 0.6) is 5.75 Å². The number of rotatable bonds is 4.